The van der Waals surface area contributed by atoms with Crippen LogP contribution in [0.5, 0.6) is 5.75 Å². The van der Waals surface area contributed by atoms with Crippen LogP contribution in [0.15, 0.2) is 0 Å². The Bertz CT molecular complexity index is 935. The van der Waals surface area contributed by atoms with Gasteiger partial charge in [0.1, 0.15) is 5.01 Å². The number of thiazole rings is 1. The highest BCUT2D eigenvalue weighted by Gasteiger charge is 2.30. The molecule has 32 heavy (non-hydrogen) atoms. The summed E-state index contributed by atoms with van der Waals surface area (Å²) in [6.07, 6.45) is 4.36. The highest BCUT2D eigenvalue weighted by atomic mass is 32.1. The number of likely N-dealkylation sites (tertiary alicyclic amines) is 1. The molecule has 12 heteroatoms. The van der Waals surface area contributed by atoms with Crippen LogP contribution in [0.1, 0.15) is 40.4 Å². The molecule has 0 bridgehead atoms. The smallest absolute Gasteiger partial charge is 0.357 e. The Morgan fingerprint density at radius 2 is 1.59 bits per heavy atom. The number of halogens is 5. The monoisotopic (exact) mass is 479 g/mol. The number of nitrogens with one attached hydrogen (secondary N) is 1. The summed E-state index contributed by atoms with van der Waals surface area (Å²) >= 11 is 0.932. The topological polar surface area (TPSA) is 63.7 Å². The first kappa shape index (κ1) is 24.3. The summed E-state index contributed by atoms with van der Waals surface area (Å²) in [5, 5.41) is 3.42. The van der Waals surface area contributed by atoms with Gasteiger partial charge >= 0.3 is 5.97 Å². The third-order valence-corrected chi connectivity index (χ3v) is 5.90. The van der Waals surface area contributed by atoms with Crippen LogP contribution in [-0.4, -0.2) is 49.2 Å². The van der Waals surface area contributed by atoms with Gasteiger partial charge in [-0.05, 0) is 25.9 Å². The molecule has 1 aliphatic rings. The standard InChI is InChI=1S/C20H22F5N3O3S/c1-30-9-6-26-19-18(32-11(27-19)10-28-7-4-2-3-5-8-28)20(29)31-17-15(24)13(22)12(21)14(23)16(17)25/h26H,2-10H2,1H3. The summed E-state index contributed by atoms with van der Waals surface area (Å²) in [7, 11) is 1.48. The minimum Gasteiger partial charge on any atom is -0.416 e. The van der Waals surface area contributed by atoms with Gasteiger partial charge in [0.2, 0.25) is 34.8 Å². The molecule has 1 aromatic heterocycles. The van der Waals surface area contributed by atoms with Gasteiger partial charge in [-0.1, -0.05) is 12.8 Å². The summed E-state index contributed by atoms with van der Waals surface area (Å²) in [5.41, 5.74) is 0. The SMILES string of the molecule is COCCNc1nc(CN2CCCCCC2)sc1C(=O)Oc1c(F)c(F)c(F)c(F)c1F. The number of hydrogen-bond donors (Lipinski definition) is 1. The van der Waals surface area contributed by atoms with Gasteiger partial charge < -0.3 is 14.8 Å². The molecule has 2 aromatic rings. The number of carbonyl (C=O) groups is 1. The van der Waals surface area contributed by atoms with Crippen molar-refractivity contribution in [2.24, 2.45) is 0 Å². The van der Waals surface area contributed by atoms with Gasteiger partial charge in [0, 0.05) is 13.7 Å². The second-order valence-electron chi connectivity index (χ2n) is 7.18. The molecular weight excluding hydrogens is 457 g/mol. The third-order valence-electron chi connectivity index (χ3n) is 4.88. The van der Waals surface area contributed by atoms with Crippen molar-refractivity contribution in [3.05, 3.63) is 39.0 Å². The number of hydrogen-bond acceptors (Lipinski definition) is 7. The first-order valence-electron chi connectivity index (χ1n) is 10.0. The molecule has 0 amide bonds. The van der Waals surface area contributed by atoms with Crippen LogP contribution >= 0.6 is 11.3 Å². The summed E-state index contributed by atoms with van der Waals surface area (Å²) in [6.45, 7) is 2.75. The molecular formula is C20H22F5N3O3S. The highest BCUT2D eigenvalue weighted by molar-refractivity contribution is 7.14. The molecule has 1 saturated heterocycles. The van der Waals surface area contributed by atoms with Gasteiger partial charge in [0.25, 0.3) is 0 Å². The van der Waals surface area contributed by atoms with Crippen molar-refractivity contribution in [2.75, 3.05) is 38.7 Å². The van der Waals surface area contributed by atoms with Crippen LogP contribution in [0.2, 0.25) is 0 Å². The second-order valence-corrected chi connectivity index (χ2v) is 8.27. The Kier molecular flexibility index (Phi) is 8.38. The molecule has 1 aliphatic heterocycles. The fourth-order valence-corrected chi connectivity index (χ4v) is 4.22. The number of anilines is 1. The summed E-state index contributed by atoms with van der Waals surface area (Å²) < 4.78 is 77.5. The fourth-order valence-electron chi connectivity index (χ4n) is 3.26. The van der Waals surface area contributed by atoms with E-state index in [9.17, 15) is 26.7 Å². The van der Waals surface area contributed by atoms with Gasteiger partial charge in [-0.3, -0.25) is 4.90 Å². The van der Waals surface area contributed by atoms with E-state index in [-0.39, 0.29) is 23.8 Å². The molecule has 0 radical (unpaired) electrons. The van der Waals surface area contributed by atoms with E-state index in [1.807, 2.05) is 0 Å². The lowest BCUT2D eigenvalue weighted by Gasteiger charge is -2.17. The minimum atomic E-state index is -2.33. The zero-order valence-corrected chi connectivity index (χ0v) is 18.1. The van der Waals surface area contributed by atoms with Crippen LogP contribution in [0.3, 0.4) is 0 Å². The van der Waals surface area contributed by atoms with Crippen molar-refractivity contribution in [3.8, 4) is 5.75 Å². The molecule has 0 atom stereocenters. The fraction of sp³-hybridized carbons (Fsp3) is 0.500. The molecule has 3 rings (SSSR count). The Hall–Kier alpha value is -2.31. The molecule has 2 heterocycles. The normalized spacial score (nSPS) is 14.9. The summed E-state index contributed by atoms with van der Waals surface area (Å²) in [5.74, 6) is -14.0. The zero-order chi connectivity index (χ0) is 23.3. The Morgan fingerprint density at radius 3 is 2.19 bits per heavy atom. The predicted molar refractivity (Wildman–Crippen MR) is 107 cm³/mol. The number of aromatic nitrogens is 1. The maximum absolute atomic E-state index is 13.9. The molecule has 0 spiro atoms. The first-order chi connectivity index (χ1) is 15.3. The van der Waals surface area contributed by atoms with Crippen LogP contribution in [0, 0.1) is 29.1 Å². The Labute approximate surface area is 185 Å². The number of nitrogens with zero attached hydrogens (tertiary/aromatic N) is 2. The van der Waals surface area contributed by atoms with Crippen molar-refractivity contribution in [1.29, 1.82) is 0 Å². The summed E-state index contributed by atoms with van der Waals surface area (Å²) in [6, 6.07) is 0. The quantitative estimate of drug-likeness (QED) is 0.150. The lowest BCUT2D eigenvalue weighted by molar-refractivity contribution is 0.0721. The molecule has 0 saturated carbocycles. The average Bonchev–Trinajstić information content (AvgIpc) is 3.00. The molecule has 0 unspecified atom stereocenters. The van der Waals surface area contributed by atoms with Crippen LogP contribution in [0.4, 0.5) is 27.8 Å². The molecule has 6 nitrogen and oxygen atoms in total. The highest BCUT2D eigenvalue weighted by Crippen LogP contribution is 2.32. The molecule has 1 fully saturated rings. The van der Waals surface area contributed by atoms with Gasteiger partial charge in [0.15, 0.2) is 10.7 Å². The van der Waals surface area contributed by atoms with E-state index in [4.69, 9.17) is 4.74 Å². The van der Waals surface area contributed by atoms with Gasteiger partial charge in [0.05, 0.1) is 13.2 Å². The summed E-state index contributed by atoms with van der Waals surface area (Å²) in [4.78, 5) is 19.0. The van der Waals surface area contributed by atoms with Crippen LogP contribution in [0.25, 0.3) is 0 Å². The van der Waals surface area contributed by atoms with Crippen molar-refractivity contribution < 1.29 is 36.2 Å². The van der Waals surface area contributed by atoms with E-state index in [0.29, 0.717) is 11.6 Å². The number of ether oxygens (including phenoxy) is 2. The van der Waals surface area contributed by atoms with E-state index >= 15 is 0 Å². The number of carbonyl (C=O) groups excluding carboxylic acids is 1. The van der Waals surface area contributed by atoms with Crippen molar-refractivity contribution >= 4 is 23.1 Å². The lowest BCUT2D eigenvalue weighted by Crippen LogP contribution is -2.23. The van der Waals surface area contributed by atoms with Gasteiger partial charge in [-0.25, -0.2) is 22.9 Å². The van der Waals surface area contributed by atoms with Crippen molar-refractivity contribution in [1.82, 2.24) is 9.88 Å². The van der Waals surface area contributed by atoms with Crippen LogP contribution < -0.4 is 10.1 Å². The molecule has 1 aromatic carbocycles. The number of esters is 1. The third kappa shape index (κ3) is 5.54. The lowest BCUT2D eigenvalue weighted by atomic mass is 10.2. The average molecular weight is 479 g/mol. The maximum Gasteiger partial charge on any atom is 0.357 e. The predicted octanol–water partition coefficient (Wildman–Crippen LogP) is 4.49. The van der Waals surface area contributed by atoms with E-state index in [0.717, 1.165) is 50.1 Å². The minimum absolute atomic E-state index is 0.0887. The maximum atomic E-state index is 13.9. The van der Waals surface area contributed by atoms with Gasteiger partial charge in [-0.2, -0.15) is 8.78 Å². The van der Waals surface area contributed by atoms with Crippen LogP contribution in [-0.2, 0) is 11.3 Å². The largest absolute Gasteiger partial charge is 0.416 e. The number of methoxy groups -OCH3 is 1. The van der Waals surface area contributed by atoms with E-state index in [1.54, 1.807) is 0 Å². The van der Waals surface area contributed by atoms with E-state index < -0.39 is 40.8 Å². The van der Waals surface area contributed by atoms with Crippen molar-refractivity contribution in [3.63, 3.8) is 0 Å². The van der Waals surface area contributed by atoms with Gasteiger partial charge in [-0.15, -0.1) is 11.3 Å². The van der Waals surface area contributed by atoms with E-state index in [2.05, 4.69) is 19.9 Å². The molecule has 0 aliphatic carbocycles. The number of rotatable bonds is 8. The molecule has 1 N–H and O–H groups in total. The van der Waals surface area contributed by atoms with E-state index in [1.165, 1.54) is 7.11 Å². The Balaban J connectivity index is 1.86. The molecule has 176 valence electrons. The number of benzene rings is 1. The van der Waals surface area contributed by atoms with Crippen molar-refractivity contribution in [2.45, 2.75) is 32.2 Å². The first-order valence-corrected chi connectivity index (χ1v) is 10.8. The Morgan fingerprint density at radius 1 is 1.00 bits per heavy atom. The second kappa shape index (κ2) is 11.0. The zero-order valence-electron chi connectivity index (χ0n) is 17.3.